The number of benzene rings is 1. The topological polar surface area (TPSA) is 17.8 Å². The van der Waals surface area contributed by atoms with E-state index in [4.69, 9.17) is 0 Å². The van der Waals surface area contributed by atoms with Crippen LogP contribution in [0.1, 0.15) is 29.4 Å². The van der Waals surface area contributed by atoms with Gasteiger partial charge in [-0.25, -0.2) is 9.37 Å². The molecule has 0 aliphatic carbocycles. The van der Waals surface area contributed by atoms with E-state index in [1.165, 1.54) is 5.69 Å². The van der Waals surface area contributed by atoms with Crippen LogP contribution in [0, 0.1) is 12.7 Å². The van der Waals surface area contributed by atoms with Gasteiger partial charge < -0.3 is 4.57 Å². The standard InChI is InChI=1S/C14H14BrFN2/c1-9-17-14(15)13-7-6-10(8-18(9)13)11-4-2-3-5-12(11)16/h2-5,10H,6-8H2,1H3. The summed E-state index contributed by atoms with van der Waals surface area (Å²) in [6, 6.07) is 7.09. The van der Waals surface area contributed by atoms with Crippen molar-refractivity contribution in [3.8, 4) is 0 Å². The zero-order valence-corrected chi connectivity index (χ0v) is 11.7. The lowest BCUT2D eigenvalue weighted by atomic mass is 9.90. The lowest BCUT2D eigenvalue weighted by molar-refractivity contribution is 0.439. The first-order chi connectivity index (χ1) is 8.66. The summed E-state index contributed by atoms with van der Waals surface area (Å²) < 4.78 is 17.0. The van der Waals surface area contributed by atoms with Gasteiger partial charge in [0.15, 0.2) is 0 Å². The second kappa shape index (κ2) is 4.50. The van der Waals surface area contributed by atoms with Crippen molar-refractivity contribution in [2.75, 3.05) is 0 Å². The lowest BCUT2D eigenvalue weighted by Gasteiger charge is -2.25. The molecule has 2 heterocycles. The number of fused-ring (bicyclic) bond motifs is 1. The lowest BCUT2D eigenvalue weighted by Crippen LogP contribution is -2.20. The van der Waals surface area contributed by atoms with Crippen molar-refractivity contribution in [3.63, 3.8) is 0 Å². The van der Waals surface area contributed by atoms with Crippen molar-refractivity contribution in [2.45, 2.75) is 32.2 Å². The van der Waals surface area contributed by atoms with Crippen LogP contribution in [-0.4, -0.2) is 9.55 Å². The Morgan fingerprint density at radius 3 is 2.94 bits per heavy atom. The van der Waals surface area contributed by atoms with Crippen LogP contribution in [0.3, 0.4) is 0 Å². The molecule has 1 aliphatic heterocycles. The summed E-state index contributed by atoms with van der Waals surface area (Å²) in [5, 5.41) is 0. The number of aromatic nitrogens is 2. The molecule has 18 heavy (non-hydrogen) atoms. The second-order valence-corrected chi connectivity index (χ2v) is 5.52. The average Bonchev–Trinajstić information content (AvgIpc) is 2.65. The molecule has 1 unspecified atom stereocenters. The smallest absolute Gasteiger partial charge is 0.127 e. The van der Waals surface area contributed by atoms with Crippen LogP contribution >= 0.6 is 15.9 Å². The number of hydrogen-bond acceptors (Lipinski definition) is 1. The van der Waals surface area contributed by atoms with Gasteiger partial charge in [0.05, 0.1) is 5.69 Å². The molecule has 3 rings (SSSR count). The Balaban J connectivity index is 1.96. The molecule has 0 spiro atoms. The fourth-order valence-corrected chi connectivity index (χ4v) is 3.41. The van der Waals surface area contributed by atoms with E-state index in [1.54, 1.807) is 12.1 Å². The first kappa shape index (κ1) is 11.9. The molecular formula is C14H14BrFN2. The molecule has 2 aromatic rings. The minimum atomic E-state index is -0.0946. The highest BCUT2D eigenvalue weighted by atomic mass is 79.9. The molecule has 94 valence electrons. The predicted octanol–water partition coefficient (Wildman–Crippen LogP) is 3.82. The van der Waals surface area contributed by atoms with Crippen molar-refractivity contribution in [1.29, 1.82) is 0 Å². The van der Waals surface area contributed by atoms with Crippen molar-refractivity contribution < 1.29 is 4.39 Å². The summed E-state index contributed by atoms with van der Waals surface area (Å²) in [4.78, 5) is 4.43. The Kier molecular flexibility index (Phi) is 2.98. The van der Waals surface area contributed by atoms with Crippen molar-refractivity contribution in [1.82, 2.24) is 9.55 Å². The quantitative estimate of drug-likeness (QED) is 0.783. The normalized spacial score (nSPS) is 18.7. The van der Waals surface area contributed by atoms with Crippen molar-refractivity contribution in [2.24, 2.45) is 0 Å². The Morgan fingerprint density at radius 1 is 1.39 bits per heavy atom. The molecule has 1 aromatic carbocycles. The van der Waals surface area contributed by atoms with Gasteiger partial charge in [0, 0.05) is 12.5 Å². The first-order valence-corrected chi connectivity index (χ1v) is 6.92. The molecule has 1 aliphatic rings. The average molecular weight is 309 g/mol. The summed E-state index contributed by atoms with van der Waals surface area (Å²) in [5.41, 5.74) is 2.06. The van der Waals surface area contributed by atoms with Crippen LogP contribution in [0.15, 0.2) is 28.9 Å². The zero-order chi connectivity index (χ0) is 12.7. The molecule has 0 radical (unpaired) electrons. The highest BCUT2D eigenvalue weighted by Crippen LogP contribution is 2.33. The monoisotopic (exact) mass is 308 g/mol. The van der Waals surface area contributed by atoms with Crippen molar-refractivity contribution >= 4 is 15.9 Å². The Morgan fingerprint density at radius 2 is 2.17 bits per heavy atom. The van der Waals surface area contributed by atoms with E-state index in [9.17, 15) is 4.39 Å². The highest BCUT2D eigenvalue weighted by Gasteiger charge is 2.25. The van der Waals surface area contributed by atoms with E-state index in [-0.39, 0.29) is 11.7 Å². The third kappa shape index (κ3) is 1.88. The number of rotatable bonds is 1. The summed E-state index contributed by atoms with van der Waals surface area (Å²) in [5.74, 6) is 1.15. The molecule has 0 saturated heterocycles. The molecule has 0 amide bonds. The molecule has 0 saturated carbocycles. The Labute approximate surface area is 114 Å². The van der Waals surface area contributed by atoms with Crippen LogP contribution < -0.4 is 0 Å². The van der Waals surface area contributed by atoms with E-state index in [1.807, 2.05) is 19.1 Å². The summed E-state index contributed by atoms with van der Waals surface area (Å²) in [7, 11) is 0. The van der Waals surface area contributed by atoms with Gasteiger partial charge in [0.1, 0.15) is 16.2 Å². The molecule has 1 atom stereocenters. The fraction of sp³-hybridized carbons (Fsp3) is 0.357. The third-order valence-electron chi connectivity index (χ3n) is 3.69. The van der Waals surface area contributed by atoms with Gasteiger partial charge in [0.2, 0.25) is 0 Å². The maximum Gasteiger partial charge on any atom is 0.127 e. The first-order valence-electron chi connectivity index (χ1n) is 6.12. The van der Waals surface area contributed by atoms with E-state index < -0.39 is 0 Å². The Hall–Kier alpha value is -1.16. The number of nitrogens with zero attached hydrogens (tertiary/aromatic N) is 2. The van der Waals surface area contributed by atoms with Gasteiger partial charge in [-0.2, -0.15) is 0 Å². The Bertz CT molecular complexity index is 591. The number of imidazole rings is 1. The van der Waals surface area contributed by atoms with Gasteiger partial charge in [-0.3, -0.25) is 0 Å². The maximum absolute atomic E-state index is 13.8. The predicted molar refractivity (Wildman–Crippen MR) is 72.1 cm³/mol. The molecule has 0 fully saturated rings. The minimum absolute atomic E-state index is 0.0946. The van der Waals surface area contributed by atoms with Crippen LogP contribution in [0.2, 0.25) is 0 Å². The molecule has 4 heteroatoms. The largest absolute Gasteiger partial charge is 0.331 e. The SMILES string of the molecule is Cc1nc(Br)c2n1CC(c1ccccc1F)CC2. The van der Waals surface area contributed by atoms with Gasteiger partial charge in [-0.05, 0) is 47.3 Å². The van der Waals surface area contributed by atoms with Crippen LogP contribution in [0.5, 0.6) is 0 Å². The number of hydrogen-bond donors (Lipinski definition) is 0. The summed E-state index contributed by atoms with van der Waals surface area (Å²) >= 11 is 3.49. The molecule has 0 bridgehead atoms. The van der Waals surface area contributed by atoms with E-state index in [0.29, 0.717) is 0 Å². The molecule has 2 nitrogen and oxygen atoms in total. The van der Waals surface area contributed by atoms with Crippen LogP contribution in [-0.2, 0) is 13.0 Å². The minimum Gasteiger partial charge on any atom is -0.331 e. The van der Waals surface area contributed by atoms with E-state index >= 15 is 0 Å². The zero-order valence-electron chi connectivity index (χ0n) is 10.2. The molecular weight excluding hydrogens is 295 g/mol. The summed E-state index contributed by atoms with van der Waals surface area (Å²) in [6.45, 7) is 2.82. The second-order valence-electron chi connectivity index (χ2n) is 4.76. The summed E-state index contributed by atoms with van der Waals surface area (Å²) in [6.07, 6.45) is 1.92. The van der Waals surface area contributed by atoms with E-state index in [2.05, 4.69) is 25.5 Å². The van der Waals surface area contributed by atoms with Crippen molar-refractivity contribution in [3.05, 3.63) is 51.8 Å². The highest BCUT2D eigenvalue weighted by molar-refractivity contribution is 9.10. The van der Waals surface area contributed by atoms with Gasteiger partial charge in [-0.1, -0.05) is 18.2 Å². The van der Waals surface area contributed by atoms with Crippen LogP contribution in [0.25, 0.3) is 0 Å². The molecule has 0 N–H and O–H groups in total. The third-order valence-corrected chi connectivity index (χ3v) is 4.33. The fourth-order valence-electron chi connectivity index (χ4n) is 2.74. The van der Waals surface area contributed by atoms with Gasteiger partial charge in [-0.15, -0.1) is 0 Å². The van der Waals surface area contributed by atoms with E-state index in [0.717, 1.165) is 35.4 Å². The van der Waals surface area contributed by atoms with Gasteiger partial charge >= 0.3 is 0 Å². The number of halogens is 2. The van der Waals surface area contributed by atoms with Gasteiger partial charge in [0.25, 0.3) is 0 Å². The maximum atomic E-state index is 13.8. The van der Waals surface area contributed by atoms with Crippen LogP contribution in [0.4, 0.5) is 4.39 Å². The molecule has 1 aromatic heterocycles. The number of aryl methyl sites for hydroxylation is 1.